The number of fused-ring (bicyclic) bond motifs is 9. The molecule has 0 saturated carbocycles. The van der Waals surface area contributed by atoms with E-state index >= 15 is 0 Å². The summed E-state index contributed by atoms with van der Waals surface area (Å²) in [4.78, 5) is 0. The lowest BCUT2D eigenvalue weighted by atomic mass is 9.85. The van der Waals surface area contributed by atoms with Crippen molar-refractivity contribution < 1.29 is 0 Å². The van der Waals surface area contributed by atoms with Crippen LogP contribution in [0.15, 0.2) is 255 Å². The van der Waals surface area contributed by atoms with Crippen molar-refractivity contribution in [3.8, 4) is 55.9 Å². The van der Waals surface area contributed by atoms with E-state index < -0.39 is 0 Å². The molecule has 0 unspecified atom stereocenters. The fourth-order valence-electron chi connectivity index (χ4n) is 11.2. The first-order valence-corrected chi connectivity index (χ1v) is 23.5. The highest BCUT2D eigenvalue weighted by atomic mass is 15.0. The zero-order valence-corrected chi connectivity index (χ0v) is 37.1. The Hall–Kier alpha value is -8.98. The van der Waals surface area contributed by atoms with Crippen LogP contribution in [0.2, 0.25) is 0 Å². The van der Waals surface area contributed by atoms with Crippen LogP contribution in [0.4, 0.5) is 0 Å². The highest BCUT2D eigenvalue weighted by molar-refractivity contribution is 6.21. The lowest BCUT2D eigenvalue weighted by Gasteiger charge is -2.18. The van der Waals surface area contributed by atoms with Crippen LogP contribution in [0.3, 0.4) is 0 Å². The number of benzene rings is 12. The van der Waals surface area contributed by atoms with E-state index in [4.69, 9.17) is 0 Å². The molecule has 14 rings (SSSR count). The second kappa shape index (κ2) is 15.3. The molecule has 12 aromatic carbocycles. The molecule has 0 amide bonds. The second-order valence-electron chi connectivity index (χ2n) is 18.0. The van der Waals surface area contributed by atoms with Crippen LogP contribution in [-0.2, 0) is 0 Å². The topological polar surface area (TPSA) is 9.86 Å². The van der Waals surface area contributed by atoms with E-state index in [1.807, 2.05) is 0 Å². The Bertz CT molecular complexity index is 4230. The van der Waals surface area contributed by atoms with Crippen LogP contribution >= 0.6 is 0 Å². The van der Waals surface area contributed by atoms with E-state index in [-0.39, 0.29) is 0 Å². The third-order valence-corrected chi connectivity index (χ3v) is 14.3. The summed E-state index contributed by atoms with van der Waals surface area (Å²) in [5, 5.41) is 12.5. The summed E-state index contributed by atoms with van der Waals surface area (Å²) >= 11 is 0. The summed E-state index contributed by atoms with van der Waals surface area (Å²) < 4.78 is 4.80. The number of hydrogen-bond acceptors (Lipinski definition) is 0. The van der Waals surface area contributed by atoms with Gasteiger partial charge in [0.25, 0.3) is 0 Å². The van der Waals surface area contributed by atoms with Crippen molar-refractivity contribution in [1.29, 1.82) is 0 Å². The zero-order valence-electron chi connectivity index (χ0n) is 37.1. The molecule has 0 radical (unpaired) electrons. The van der Waals surface area contributed by atoms with Crippen LogP contribution in [-0.4, -0.2) is 9.13 Å². The van der Waals surface area contributed by atoms with E-state index in [2.05, 4.69) is 264 Å². The van der Waals surface area contributed by atoms with Gasteiger partial charge in [0.1, 0.15) is 0 Å². The molecule has 0 atom stereocenters. The van der Waals surface area contributed by atoms with E-state index in [0.29, 0.717) is 0 Å². The summed E-state index contributed by atoms with van der Waals surface area (Å²) in [5.74, 6) is 0. The maximum absolute atomic E-state index is 2.43. The van der Waals surface area contributed by atoms with Gasteiger partial charge in [-0.05, 0) is 144 Å². The van der Waals surface area contributed by atoms with E-state index in [1.54, 1.807) is 0 Å². The van der Waals surface area contributed by atoms with Gasteiger partial charge in [0.05, 0.1) is 22.1 Å². The average Bonchev–Trinajstić information content (AvgIpc) is 3.92. The molecule has 0 aliphatic heterocycles. The van der Waals surface area contributed by atoms with Gasteiger partial charge in [0, 0.05) is 32.9 Å². The molecule has 0 spiro atoms. The van der Waals surface area contributed by atoms with Gasteiger partial charge in [-0.25, -0.2) is 0 Å². The summed E-state index contributed by atoms with van der Waals surface area (Å²) in [5.41, 5.74) is 16.9. The minimum absolute atomic E-state index is 1.14. The Labute approximate surface area is 393 Å². The molecule has 0 aliphatic rings. The molecular formula is C66H42N2. The summed E-state index contributed by atoms with van der Waals surface area (Å²) in [7, 11) is 0. The highest BCUT2D eigenvalue weighted by Crippen LogP contribution is 2.45. The van der Waals surface area contributed by atoms with Crippen LogP contribution < -0.4 is 0 Å². The smallest absolute Gasteiger partial charge is 0.0541 e. The van der Waals surface area contributed by atoms with Crippen molar-refractivity contribution in [3.05, 3.63) is 255 Å². The van der Waals surface area contributed by atoms with Gasteiger partial charge in [0.15, 0.2) is 0 Å². The second-order valence-corrected chi connectivity index (χ2v) is 18.0. The number of para-hydroxylation sites is 3. The summed E-state index contributed by atoms with van der Waals surface area (Å²) in [6.07, 6.45) is 0. The Balaban J connectivity index is 0.857. The first-order chi connectivity index (χ1) is 33.7. The fourth-order valence-corrected chi connectivity index (χ4v) is 11.2. The van der Waals surface area contributed by atoms with Crippen molar-refractivity contribution >= 4 is 75.9 Å². The minimum atomic E-state index is 1.14. The van der Waals surface area contributed by atoms with E-state index in [0.717, 1.165) is 5.69 Å². The van der Waals surface area contributed by atoms with Crippen molar-refractivity contribution in [1.82, 2.24) is 9.13 Å². The van der Waals surface area contributed by atoms with Crippen LogP contribution in [0.1, 0.15) is 0 Å². The Kier molecular flexibility index (Phi) is 8.62. The van der Waals surface area contributed by atoms with E-state index in [9.17, 15) is 0 Å². The van der Waals surface area contributed by atoms with Gasteiger partial charge in [-0.15, -0.1) is 0 Å². The maximum atomic E-state index is 2.43. The molecule has 68 heavy (non-hydrogen) atoms. The molecule has 2 heteroatoms. The molecule has 0 fully saturated rings. The molecular weight excluding hydrogens is 821 g/mol. The summed E-state index contributed by atoms with van der Waals surface area (Å²) in [6.45, 7) is 0. The molecule has 316 valence electrons. The average molecular weight is 863 g/mol. The Morgan fingerprint density at radius 1 is 0.191 bits per heavy atom. The van der Waals surface area contributed by atoms with Gasteiger partial charge in [0.2, 0.25) is 0 Å². The highest BCUT2D eigenvalue weighted by Gasteiger charge is 2.19. The zero-order chi connectivity index (χ0) is 44.7. The van der Waals surface area contributed by atoms with Gasteiger partial charge in [-0.1, -0.05) is 188 Å². The van der Waals surface area contributed by atoms with Crippen LogP contribution in [0.25, 0.3) is 132 Å². The molecule has 0 aliphatic carbocycles. The quantitative estimate of drug-likeness (QED) is 0.147. The Morgan fingerprint density at radius 2 is 0.544 bits per heavy atom. The monoisotopic (exact) mass is 862 g/mol. The van der Waals surface area contributed by atoms with Crippen molar-refractivity contribution in [2.45, 2.75) is 0 Å². The standard InChI is InChI=1S/C66H42N2/c1-2-16-51(17-3-1)67-61-24-12-10-18-53(61)59-41-49(34-38-63(59)67)50-35-39-64-60(42-50)54-19-11-13-25-62(54)68(64)52-36-32-46(33-37-52)66-57-22-8-6-20-55(57)65(56-21-7-9-23-58(56)66)45-29-26-44(27-30-45)48-31-28-43-14-4-5-15-47(43)40-48/h1-42H. The van der Waals surface area contributed by atoms with Gasteiger partial charge in [-0.3, -0.25) is 0 Å². The third kappa shape index (κ3) is 5.98. The maximum Gasteiger partial charge on any atom is 0.0541 e. The molecule has 14 aromatic rings. The lowest BCUT2D eigenvalue weighted by Crippen LogP contribution is -1.95. The minimum Gasteiger partial charge on any atom is -0.309 e. The van der Waals surface area contributed by atoms with Gasteiger partial charge in [-0.2, -0.15) is 0 Å². The molecule has 0 N–H and O–H groups in total. The fraction of sp³-hybridized carbons (Fsp3) is 0. The first-order valence-electron chi connectivity index (χ1n) is 23.5. The van der Waals surface area contributed by atoms with Crippen molar-refractivity contribution in [2.24, 2.45) is 0 Å². The predicted octanol–water partition coefficient (Wildman–Crippen LogP) is 18.0. The molecule has 0 saturated heterocycles. The number of hydrogen-bond donors (Lipinski definition) is 0. The van der Waals surface area contributed by atoms with E-state index in [1.165, 1.54) is 126 Å². The lowest BCUT2D eigenvalue weighted by molar-refractivity contribution is 1.18. The first kappa shape index (κ1) is 38.3. The third-order valence-electron chi connectivity index (χ3n) is 14.3. The van der Waals surface area contributed by atoms with Gasteiger partial charge >= 0.3 is 0 Å². The molecule has 2 heterocycles. The van der Waals surface area contributed by atoms with Crippen LogP contribution in [0, 0.1) is 0 Å². The van der Waals surface area contributed by atoms with Crippen LogP contribution in [0.5, 0.6) is 0 Å². The number of nitrogens with zero attached hydrogens (tertiary/aromatic N) is 2. The molecule has 0 bridgehead atoms. The molecule has 2 aromatic heterocycles. The number of rotatable bonds is 6. The van der Waals surface area contributed by atoms with Crippen molar-refractivity contribution in [3.63, 3.8) is 0 Å². The normalized spacial score (nSPS) is 11.8. The predicted molar refractivity (Wildman–Crippen MR) is 289 cm³/mol. The molecule has 2 nitrogen and oxygen atoms in total. The largest absolute Gasteiger partial charge is 0.309 e. The number of aromatic nitrogens is 2. The van der Waals surface area contributed by atoms with Gasteiger partial charge < -0.3 is 9.13 Å². The summed E-state index contributed by atoms with van der Waals surface area (Å²) in [6, 6.07) is 93.7. The van der Waals surface area contributed by atoms with Crippen molar-refractivity contribution in [2.75, 3.05) is 0 Å². The SMILES string of the molecule is c1ccc(-n2c3ccccc3c3cc(-c4ccc5c(c4)c4ccccc4n5-c4ccc(-c5c6ccccc6c(-c6ccc(-c7ccc8ccccc8c7)cc6)c6ccccc56)cc4)ccc32)cc1. The Morgan fingerprint density at radius 3 is 1.07 bits per heavy atom.